The molecule has 1 saturated heterocycles. The average Bonchev–Trinajstić information content (AvgIpc) is 2.87. The first kappa shape index (κ1) is 18.0. The lowest BCUT2D eigenvalue weighted by Crippen LogP contribution is -2.54. The standard InChI is InChI=1S/C17H19N3O6/c18-6-7-25-8-9-26-12-3-1-2-10-14(12)17(24)20(16(10)23)11-4-5-13(21)19-15(11)22/h1-3,11H,4-9,18H2,(H,19,21,22). The molecule has 4 amide bonds. The zero-order chi connectivity index (χ0) is 18.7. The van der Waals surface area contributed by atoms with Crippen molar-refractivity contribution in [3.05, 3.63) is 29.3 Å². The number of hydrogen-bond donors (Lipinski definition) is 2. The highest BCUT2D eigenvalue weighted by Crippen LogP contribution is 2.33. The Morgan fingerprint density at radius 3 is 2.65 bits per heavy atom. The molecule has 0 saturated carbocycles. The van der Waals surface area contributed by atoms with Crippen molar-refractivity contribution in [3.8, 4) is 5.75 Å². The van der Waals surface area contributed by atoms with Gasteiger partial charge in [-0.15, -0.1) is 0 Å². The summed E-state index contributed by atoms with van der Waals surface area (Å²) in [5, 5.41) is 2.16. The summed E-state index contributed by atoms with van der Waals surface area (Å²) < 4.78 is 10.8. The number of piperidine rings is 1. The first-order valence-corrected chi connectivity index (χ1v) is 8.29. The number of carbonyl (C=O) groups is 4. The molecule has 0 aromatic heterocycles. The Morgan fingerprint density at radius 2 is 1.92 bits per heavy atom. The summed E-state index contributed by atoms with van der Waals surface area (Å²) in [5.74, 6) is -1.97. The molecule has 1 atom stereocenters. The molecule has 2 aliphatic heterocycles. The highest BCUT2D eigenvalue weighted by molar-refractivity contribution is 6.24. The van der Waals surface area contributed by atoms with E-state index in [1.54, 1.807) is 12.1 Å². The van der Waals surface area contributed by atoms with Crippen molar-refractivity contribution in [3.63, 3.8) is 0 Å². The van der Waals surface area contributed by atoms with E-state index in [1.807, 2.05) is 0 Å². The van der Waals surface area contributed by atoms with Crippen molar-refractivity contribution in [2.75, 3.05) is 26.4 Å². The second-order valence-corrected chi connectivity index (χ2v) is 5.88. The zero-order valence-corrected chi connectivity index (χ0v) is 14.0. The zero-order valence-electron chi connectivity index (χ0n) is 14.0. The number of rotatable bonds is 7. The SMILES string of the molecule is NCCOCCOc1cccc2c1C(=O)N(C1CCC(=O)NC1=O)C2=O. The molecular weight excluding hydrogens is 342 g/mol. The molecule has 0 radical (unpaired) electrons. The first-order valence-electron chi connectivity index (χ1n) is 8.29. The molecule has 26 heavy (non-hydrogen) atoms. The molecule has 3 N–H and O–H groups in total. The van der Waals surface area contributed by atoms with Gasteiger partial charge in [0.2, 0.25) is 11.8 Å². The Kier molecular flexibility index (Phi) is 5.29. The molecule has 1 unspecified atom stereocenters. The lowest BCUT2D eigenvalue weighted by molar-refractivity contribution is -0.136. The maximum absolute atomic E-state index is 12.8. The van der Waals surface area contributed by atoms with Crippen LogP contribution in [0.4, 0.5) is 0 Å². The normalized spacial score (nSPS) is 19.6. The molecule has 1 aromatic carbocycles. The van der Waals surface area contributed by atoms with Gasteiger partial charge in [0.25, 0.3) is 11.8 Å². The van der Waals surface area contributed by atoms with Gasteiger partial charge < -0.3 is 15.2 Å². The van der Waals surface area contributed by atoms with Crippen LogP contribution in [0.5, 0.6) is 5.75 Å². The van der Waals surface area contributed by atoms with Crippen molar-refractivity contribution in [1.29, 1.82) is 0 Å². The third kappa shape index (κ3) is 3.31. The minimum absolute atomic E-state index is 0.0751. The Labute approximate surface area is 149 Å². The molecular formula is C17H19N3O6. The summed E-state index contributed by atoms with van der Waals surface area (Å²) in [5.41, 5.74) is 5.63. The van der Waals surface area contributed by atoms with Crippen LogP contribution < -0.4 is 15.8 Å². The number of imide groups is 2. The minimum atomic E-state index is -0.999. The molecule has 3 rings (SSSR count). The Hall–Kier alpha value is -2.78. The molecule has 2 heterocycles. The smallest absolute Gasteiger partial charge is 0.266 e. The van der Waals surface area contributed by atoms with E-state index < -0.39 is 29.7 Å². The lowest BCUT2D eigenvalue weighted by atomic mass is 10.0. The maximum atomic E-state index is 12.8. The van der Waals surface area contributed by atoms with Crippen molar-refractivity contribution in [2.24, 2.45) is 5.73 Å². The Morgan fingerprint density at radius 1 is 1.12 bits per heavy atom. The van der Waals surface area contributed by atoms with Crippen LogP contribution in [-0.4, -0.2) is 60.9 Å². The molecule has 2 aliphatic rings. The number of nitrogens with one attached hydrogen (secondary N) is 1. The summed E-state index contributed by atoms with van der Waals surface area (Å²) in [6, 6.07) is 3.70. The fourth-order valence-electron chi connectivity index (χ4n) is 3.00. The Balaban J connectivity index is 1.78. The summed E-state index contributed by atoms with van der Waals surface area (Å²) in [4.78, 5) is 49.7. The van der Waals surface area contributed by atoms with Gasteiger partial charge in [0.1, 0.15) is 18.4 Å². The van der Waals surface area contributed by atoms with Gasteiger partial charge in [-0.1, -0.05) is 6.07 Å². The first-order chi connectivity index (χ1) is 12.5. The second kappa shape index (κ2) is 7.63. The number of benzene rings is 1. The van der Waals surface area contributed by atoms with Crippen LogP contribution in [0.2, 0.25) is 0 Å². The number of nitrogens with zero attached hydrogens (tertiary/aromatic N) is 1. The van der Waals surface area contributed by atoms with Gasteiger partial charge in [0.15, 0.2) is 0 Å². The van der Waals surface area contributed by atoms with Crippen LogP contribution in [0.25, 0.3) is 0 Å². The van der Waals surface area contributed by atoms with Gasteiger partial charge >= 0.3 is 0 Å². The van der Waals surface area contributed by atoms with E-state index in [4.69, 9.17) is 15.2 Å². The third-order valence-electron chi connectivity index (χ3n) is 4.18. The molecule has 9 nitrogen and oxygen atoms in total. The number of hydrogen-bond acceptors (Lipinski definition) is 7. The van der Waals surface area contributed by atoms with Crippen LogP contribution >= 0.6 is 0 Å². The van der Waals surface area contributed by atoms with E-state index in [1.165, 1.54) is 6.07 Å². The van der Waals surface area contributed by atoms with Crippen molar-refractivity contribution >= 4 is 23.6 Å². The molecule has 138 valence electrons. The van der Waals surface area contributed by atoms with Crippen molar-refractivity contribution < 1.29 is 28.7 Å². The van der Waals surface area contributed by atoms with Gasteiger partial charge in [-0.3, -0.25) is 29.4 Å². The maximum Gasteiger partial charge on any atom is 0.266 e. The largest absolute Gasteiger partial charge is 0.490 e. The number of ether oxygens (including phenoxy) is 2. The molecule has 0 bridgehead atoms. The van der Waals surface area contributed by atoms with Gasteiger partial charge in [-0.25, -0.2) is 0 Å². The predicted octanol–water partition coefficient (Wildman–Crippen LogP) is -0.558. The Bertz CT molecular complexity index is 763. The van der Waals surface area contributed by atoms with E-state index in [0.717, 1.165) is 4.90 Å². The number of amides is 4. The fourth-order valence-corrected chi connectivity index (χ4v) is 3.00. The summed E-state index contributed by atoms with van der Waals surface area (Å²) in [6.45, 7) is 1.28. The summed E-state index contributed by atoms with van der Waals surface area (Å²) >= 11 is 0. The quantitative estimate of drug-likeness (QED) is 0.492. The van der Waals surface area contributed by atoms with E-state index in [0.29, 0.717) is 19.8 Å². The molecule has 1 aromatic rings. The molecule has 0 aliphatic carbocycles. The van der Waals surface area contributed by atoms with Crippen molar-refractivity contribution in [2.45, 2.75) is 18.9 Å². The highest BCUT2D eigenvalue weighted by atomic mass is 16.5. The van der Waals surface area contributed by atoms with E-state index in [9.17, 15) is 19.2 Å². The minimum Gasteiger partial charge on any atom is -0.490 e. The van der Waals surface area contributed by atoms with Crippen LogP contribution in [-0.2, 0) is 14.3 Å². The second-order valence-electron chi connectivity index (χ2n) is 5.88. The number of nitrogens with two attached hydrogens (primary N) is 1. The number of carbonyl (C=O) groups excluding carboxylic acids is 4. The van der Waals surface area contributed by atoms with Crippen molar-refractivity contribution in [1.82, 2.24) is 10.2 Å². The summed E-state index contributed by atoms with van der Waals surface area (Å²) in [6.07, 6.45) is 0.185. The van der Waals surface area contributed by atoms with E-state index in [-0.39, 0.29) is 36.3 Å². The van der Waals surface area contributed by atoms with Gasteiger partial charge in [-0.2, -0.15) is 0 Å². The van der Waals surface area contributed by atoms with Crippen LogP contribution in [0.15, 0.2) is 18.2 Å². The average molecular weight is 361 g/mol. The molecule has 1 fully saturated rings. The van der Waals surface area contributed by atoms with Crippen LogP contribution in [0.3, 0.4) is 0 Å². The third-order valence-corrected chi connectivity index (χ3v) is 4.18. The predicted molar refractivity (Wildman–Crippen MR) is 88.5 cm³/mol. The summed E-state index contributed by atoms with van der Waals surface area (Å²) in [7, 11) is 0. The highest BCUT2D eigenvalue weighted by Gasteiger charge is 2.45. The van der Waals surface area contributed by atoms with Crippen LogP contribution in [0.1, 0.15) is 33.6 Å². The molecule has 9 heteroatoms. The monoisotopic (exact) mass is 361 g/mol. The van der Waals surface area contributed by atoms with E-state index in [2.05, 4.69) is 5.32 Å². The van der Waals surface area contributed by atoms with Gasteiger partial charge in [-0.05, 0) is 18.6 Å². The van der Waals surface area contributed by atoms with E-state index >= 15 is 0 Å². The fraction of sp³-hybridized carbons (Fsp3) is 0.412. The lowest BCUT2D eigenvalue weighted by Gasteiger charge is -2.27. The van der Waals surface area contributed by atoms with Gasteiger partial charge in [0, 0.05) is 13.0 Å². The number of fused-ring (bicyclic) bond motifs is 1. The van der Waals surface area contributed by atoms with Gasteiger partial charge in [0.05, 0.1) is 24.3 Å². The topological polar surface area (TPSA) is 128 Å². The molecule has 0 spiro atoms. The van der Waals surface area contributed by atoms with Crippen LogP contribution in [0, 0.1) is 0 Å².